The van der Waals surface area contributed by atoms with Crippen LogP contribution >= 0.6 is 0 Å². The molecule has 4 aromatic rings. The minimum absolute atomic E-state index is 0.155. The fraction of sp³-hybridized carbons (Fsp3) is 0.208. The van der Waals surface area contributed by atoms with Crippen molar-refractivity contribution in [3.63, 3.8) is 0 Å². The maximum Gasteiger partial charge on any atom is 0.276 e. The molecule has 158 valence electrons. The molecule has 31 heavy (non-hydrogen) atoms. The van der Waals surface area contributed by atoms with Gasteiger partial charge in [-0.25, -0.2) is 4.52 Å². The summed E-state index contributed by atoms with van der Waals surface area (Å²) in [5.74, 6) is 0.268. The number of aryl methyl sites for hydroxylation is 2. The lowest BCUT2D eigenvalue weighted by molar-refractivity contribution is 0.0949. The second-order valence-corrected chi connectivity index (χ2v) is 7.43. The predicted octanol–water partition coefficient (Wildman–Crippen LogP) is 3.22. The second kappa shape index (κ2) is 8.47. The molecule has 0 radical (unpaired) electrons. The van der Waals surface area contributed by atoms with Crippen LogP contribution in [-0.4, -0.2) is 33.7 Å². The number of methoxy groups -OCH3 is 1. The number of hydrogen-bond acceptors (Lipinski definition) is 4. The molecule has 1 N–H and O–H groups in total. The number of rotatable bonds is 6. The molecule has 2 heterocycles. The summed E-state index contributed by atoms with van der Waals surface area (Å²) in [5, 5.41) is 7.40. The van der Waals surface area contributed by atoms with Gasteiger partial charge in [0.2, 0.25) is 0 Å². The minimum Gasteiger partial charge on any atom is -0.496 e. The lowest BCUT2D eigenvalue weighted by Crippen LogP contribution is -2.31. The zero-order chi connectivity index (χ0) is 22.0. The third-order valence-electron chi connectivity index (χ3n) is 5.25. The maximum atomic E-state index is 12.9. The van der Waals surface area contributed by atoms with E-state index in [1.807, 2.05) is 38.1 Å². The molecular weight excluding hydrogens is 392 g/mol. The summed E-state index contributed by atoms with van der Waals surface area (Å²) in [6, 6.07) is 15.0. The number of nitrogens with one attached hydrogen (secondary N) is 1. The summed E-state index contributed by atoms with van der Waals surface area (Å²) < 4.78 is 8.40. The third kappa shape index (κ3) is 4.07. The summed E-state index contributed by atoms with van der Waals surface area (Å²) in [4.78, 5) is 25.4. The lowest BCUT2D eigenvalue weighted by atomic mass is 10.0. The molecule has 0 unspecified atom stereocenters. The van der Waals surface area contributed by atoms with Crippen LogP contribution in [-0.2, 0) is 6.54 Å². The molecule has 7 heteroatoms. The van der Waals surface area contributed by atoms with Gasteiger partial charge in [-0.3, -0.25) is 9.59 Å². The van der Waals surface area contributed by atoms with Crippen molar-refractivity contribution in [1.82, 2.24) is 19.5 Å². The molecule has 0 fully saturated rings. The zero-order valence-corrected chi connectivity index (χ0v) is 17.8. The molecule has 0 bridgehead atoms. The average molecular weight is 416 g/mol. The van der Waals surface area contributed by atoms with Gasteiger partial charge in [0.1, 0.15) is 11.3 Å². The number of amides is 1. The van der Waals surface area contributed by atoms with Crippen LogP contribution in [0.3, 0.4) is 0 Å². The fourth-order valence-electron chi connectivity index (χ4n) is 3.65. The van der Waals surface area contributed by atoms with Gasteiger partial charge in [-0.1, -0.05) is 35.9 Å². The number of benzene rings is 2. The van der Waals surface area contributed by atoms with E-state index in [2.05, 4.69) is 16.5 Å². The van der Waals surface area contributed by atoms with Gasteiger partial charge in [-0.05, 0) is 37.6 Å². The Bertz CT molecular complexity index is 1320. The highest BCUT2D eigenvalue weighted by atomic mass is 16.5. The molecule has 1 amide bonds. The number of para-hydroxylation sites is 1. The first kappa shape index (κ1) is 20.4. The highest BCUT2D eigenvalue weighted by Gasteiger charge is 2.13. The van der Waals surface area contributed by atoms with Crippen LogP contribution in [0.25, 0.3) is 16.8 Å². The highest BCUT2D eigenvalue weighted by molar-refractivity contribution is 5.96. The smallest absolute Gasteiger partial charge is 0.276 e. The third-order valence-corrected chi connectivity index (χ3v) is 5.25. The Morgan fingerprint density at radius 2 is 1.90 bits per heavy atom. The van der Waals surface area contributed by atoms with Crippen molar-refractivity contribution in [2.75, 3.05) is 13.7 Å². The van der Waals surface area contributed by atoms with Crippen LogP contribution in [0.5, 0.6) is 5.75 Å². The van der Waals surface area contributed by atoms with E-state index in [1.165, 1.54) is 12.7 Å². The van der Waals surface area contributed by atoms with E-state index in [-0.39, 0.29) is 11.5 Å². The van der Waals surface area contributed by atoms with Crippen LogP contribution in [0.15, 0.2) is 65.7 Å². The Morgan fingerprint density at radius 1 is 1.10 bits per heavy atom. The van der Waals surface area contributed by atoms with Crippen molar-refractivity contribution in [1.29, 1.82) is 0 Å². The number of fused-ring (bicyclic) bond motifs is 1. The molecule has 0 saturated carbocycles. The van der Waals surface area contributed by atoms with Gasteiger partial charge >= 0.3 is 0 Å². The van der Waals surface area contributed by atoms with E-state index in [0.717, 1.165) is 16.8 Å². The Kier molecular flexibility index (Phi) is 5.58. The molecule has 4 rings (SSSR count). The first-order valence-electron chi connectivity index (χ1n) is 10.1. The van der Waals surface area contributed by atoms with Crippen LogP contribution < -0.4 is 15.6 Å². The molecule has 0 aliphatic rings. The SMILES string of the molecule is COc1ccccc1C(=O)NCCn1ccn2nc(-c3ccc(C)cc3C)cc2c1=O. The number of carbonyl (C=O) groups is 1. The van der Waals surface area contributed by atoms with Gasteiger partial charge in [-0.2, -0.15) is 5.10 Å². The van der Waals surface area contributed by atoms with Gasteiger partial charge in [-0.15, -0.1) is 0 Å². The minimum atomic E-state index is -0.243. The van der Waals surface area contributed by atoms with E-state index < -0.39 is 0 Å². The number of aromatic nitrogens is 3. The number of nitrogens with zero attached hydrogens (tertiary/aromatic N) is 3. The summed E-state index contributed by atoms with van der Waals surface area (Å²) in [6.07, 6.45) is 3.44. The van der Waals surface area contributed by atoms with Crippen molar-refractivity contribution in [2.24, 2.45) is 0 Å². The molecule has 2 aromatic carbocycles. The lowest BCUT2D eigenvalue weighted by Gasteiger charge is -2.10. The van der Waals surface area contributed by atoms with Crippen LogP contribution in [0.4, 0.5) is 0 Å². The highest BCUT2D eigenvalue weighted by Crippen LogP contribution is 2.23. The normalized spacial score (nSPS) is 10.9. The molecule has 0 aliphatic heterocycles. The maximum absolute atomic E-state index is 12.9. The molecule has 2 aromatic heterocycles. The van der Waals surface area contributed by atoms with E-state index in [0.29, 0.717) is 29.9 Å². The van der Waals surface area contributed by atoms with E-state index in [9.17, 15) is 9.59 Å². The summed E-state index contributed by atoms with van der Waals surface area (Å²) in [5.41, 5.74) is 4.86. The first-order valence-corrected chi connectivity index (χ1v) is 10.1. The van der Waals surface area contributed by atoms with Crippen LogP contribution in [0.1, 0.15) is 21.5 Å². The van der Waals surface area contributed by atoms with Gasteiger partial charge in [0.25, 0.3) is 11.5 Å². The molecular formula is C24H24N4O3. The van der Waals surface area contributed by atoms with Crippen molar-refractivity contribution < 1.29 is 9.53 Å². The van der Waals surface area contributed by atoms with Crippen molar-refractivity contribution in [3.05, 3.63) is 88.0 Å². The fourth-order valence-corrected chi connectivity index (χ4v) is 3.65. The van der Waals surface area contributed by atoms with Gasteiger partial charge in [0, 0.05) is 31.0 Å². The van der Waals surface area contributed by atoms with Crippen molar-refractivity contribution >= 4 is 11.4 Å². The number of ether oxygens (including phenoxy) is 1. The molecule has 0 aliphatic carbocycles. The molecule has 0 saturated heterocycles. The zero-order valence-electron chi connectivity index (χ0n) is 17.8. The standard InChI is InChI=1S/C24H24N4O3/c1-16-8-9-18(17(2)14-16)20-15-21-24(30)27(12-13-28(21)26-20)11-10-25-23(29)19-6-4-5-7-22(19)31-3/h4-9,12-15H,10-11H2,1-3H3,(H,25,29). The largest absolute Gasteiger partial charge is 0.496 e. The average Bonchev–Trinajstić information content (AvgIpc) is 3.20. The summed E-state index contributed by atoms with van der Waals surface area (Å²) in [6.45, 7) is 4.74. The molecule has 7 nitrogen and oxygen atoms in total. The Morgan fingerprint density at radius 3 is 2.68 bits per heavy atom. The van der Waals surface area contributed by atoms with E-state index in [4.69, 9.17) is 4.74 Å². The topological polar surface area (TPSA) is 77.6 Å². The predicted molar refractivity (Wildman–Crippen MR) is 120 cm³/mol. The Balaban J connectivity index is 1.52. The van der Waals surface area contributed by atoms with Crippen LogP contribution in [0, 0.1) is 13.8 Å². The number of hydrogen-bond donors (Lipinski definition) is 1. The van der Waals surface area contributed by atoms with Crippen LogP contribution in [0.2, 0.25) is 0 Å². The monoisotopic (exact) mass is 416 g/mol. The number of carbonyl (C=O) groups excluding carboxylic acids is 1. The van der Waals surface area contributed by atoms with Crippen molar-refractivity contribution in [2.45, 2.75) is 20.4 Å². The Hall–Kier alpha value is -3.87. The van der Waals surface area contributed by atoms with E-state index in [1.54, 1.807) is 39.7 Å². The van der Waals surface area contributed by atoms with Gasteiger partial charge in [0.05, 0.1) is 18.4 Å². The van der Waals surface area contributed by atoms with E-state index >= 15 is 0 Å². The Labute approximate surface area is 179 Å². The van der Waals surface area contributed by atoms with Gasteiger partial charge in [0.15, 0.2) is 0 Å². The van der Waals surface area contributed by atoms with Gasteiger partial charge < -0.3 is 14.6 Å². The second-order valence-electron chi connectivity index (χ2n) is 7.43. The quantitative estimate of drug-likeness (QED) is 0.524. The molecule has 0 spiro atoms. The first-order chi connectivity index (χ1) is 15.0. The molecule has 0 atom stereocenters. The summed E-state index contributed by atoms with van der Waals surface area (Å²) in [7, 11) is 1.53. The van der Waals surface area contributed by atoms with Crippen molar-refractivity contribution in [3.8, 4) is 17.0 Å². The summed E-state index contributed by atoms with van der Waals surface area (Å²) >= 11 is 0.